The zero-order valence-corrected chi connectivity index (χ0v) is 12.8. The van der Waals surface area contributed by atoms with Crippen LogP contribution in [0.2, 0.25) is 0 Å². The zero-order chi connectivity index (χ0) is 13.9. The Kier molecular flexibility index (Phi) is 4.41. The molecule has 0 aromatic carbocycles. The molecule has 2 heterocycles. The van der Waals surface area contributed by atoms with E-state index in [0.717, 1.165) is 32.7 Å². The van der Waals surface area contributed by atoms with Gasteiger partial charge in [0.1, 0.15) is 5.82 Å². The number of nitrogens with one attached hydrogen (secondary N) is 1. The van der Waals surface area contributed by atoms with Crippen molar-refractivity contribution in [3.63, 3.8) is 0 Å². The van der Waals surface area contributed by atoms with Crippen molar-refractivity contribution in [3.8, 4) is 0 Å². The number of fused-ring (bicyclic) bond motifs is 1. The lowest BCUT2D eigenvalue weighted by molar-refractivity contribution is 0.0625. The van der Waals surface area contributed by atoms with Crippen molar-refractivity contribution in [2.24, 2.45) is 0 Å². The van der Waals surface area contributed by atoms with Crippen LogP contribution in [0.3, 0.4) is 0 Å². The van der Waals surface area contributed by atoms with Crippen LogP contribution < -0.4 is 5.32 Å². The molecule has 0 bridgehead atoms. The van der Waals surface area contributed by atoms with Crippen LogP contribution in [-0.2, 0) is 24.2 Å². The fraction of sp³-hybridized carbons (Fsp3) is 0.812. The molecule has 0 saturated heterocycles. The fourth-order valence-electron chi connectivity index (χ4n) is 3.69. The van der Waals surface area contributed by atoms with Gasteiger partial charge in [-0.2, -0.15) is 0 Å². The minimum Gasteiger partial charge on any atom is -0.377 e. The van der Waals surface area contributed by atoms with Gasteiger partial charge in [0, 0.05) is 37.7 Å². The van der Waals surface area contributed by atoms with Crippen molar-refractivity contribution in [1.29, 1.82) is 0 Å². The lowest BCUT2D eigenvalue weighted by Crippen LogP contribution is -2.27. The normalized spacial score (nSPS) is 21.1. The molecule has 1 aliphatic heterocycles. The number of hydrogen-bond acceptors (Lipinski definition) is 3. The lowest BCUT2D eigenvalue weighted by Gasteiger charge is -2.21. The third kappa shape index (κ3) is 2.77. The highest BCUT2D eigenvalue weighted by Crippen LogP contribution is 2.35. The maximum Gasteiger partial charge on any atom is 0.112 e. The van der Waals surface area contributed by atoms with Crippen LogP contribution in [-0.4, -0.2) is 28.8 Å². The molecule has 1 fully saturated rings. The van der Waals surface area contributed by atoms with Gasteiger partial charge in [-0.05, 0) is 26.7 Å². The van der Waals surface area contributed by atoms with Crippen LogP contribution in [0.5, 0.6) is 0 Å². The van der Waals surface area contributed by atoms with Crippen LogP contribution in [0.25, 0.3) is 0 Å². The maximum atomic E-state index is 5.76. The van der Waals surface area contributed by atoms with Gasteiger partial charge in [0.2, 0.25) is 0 Å². The summed E-state index contributed by atoms with van der Waals surface area (Å²) < 4.78 is 8.25. The summed E-state index contributed by atoms with van der Waals surface area (Å²) in [7, 11) is 0. The SMILES string of the molecule is CCOC(C)Cn1c(C2CCCC2)nc2c1CCNC2. The minimum absolute atomic E-state index is 0.272. The summed E-state index contributed by atoms with van der Waals surface area (Å²) in [4.78, 5) is 4.99. The molecule has 20 heavy (non-hydrogen) atoms. The van der Waals surface area contributed by atoms with E-state index < -0.39 is 0 Å². The number of imidazole rings is 1. The summed E-state index contributed by atoms with van der Waals surface area (Å²) in [5.74, 6) is 2.01. The van der Waals surface area contributed by atoms with Gasteiger partial charge in [0.05, 0.1) is 18.3 Å². The van der Waals surface area contributed by atoms with Gasteiger partial charge in [-0.3, -0.25) is 0 Å². The molecule has 2 aliphatic rings. The summed E-state index contributed by atoms with van der Waals surface area (Å²) in [6, 6.07) is 0. The molecule has 1 N–H and O–H groups in total. The second-order valence-corrected chi connectivity index (χ2v) is 6.15. The fourth-order valence-corrected chi connectivity index (χ4v) is 3.69. The third-order valence-corrected chi connectivity index (χ3v) is 4.63. The molecule has 1 aromatic rings. The van der Waals surface area contributed by atoms with E-state index in [2.05, 4.69) is 23.7 Å². The Labute approximate surface area is 121 Å². The highest BCUT2D eigenvalue weighted by molar-refractivity contribution is 5.22. The van der Waals surface area contributed by atoms with Crippen LogP contribution in [0.15, 0.2) is 0 Å². The first-order valence-electron chi connectivity index (χ1n) is 8.20. The third-order valence-electron chi connectivity index (χ3n) is 4.63. The summed E-state index contributed by atoms with van der Waals surface area (Å²) in [5.41, 5.74) is 2.74. The Morgan fingerprint density at radius 3 is 2.95 bits per heavy atom. The monoisotopic (exact) mass is 277 g/mol. The van der Waals surface area contributed by atoms with Crippen molar-refractivity contribution < 1.29 is 4.74 Å². The van der Waals surface area contributed by atoms with Crippen LogP contribution >= 0.6 is 0 Å². The molecule has 112 valence electrons. The van der Waals surface area contributed by atoms with E-state index in [4.69, 9.17) is 9.72 Å². The molecule has 4 nitrogen and oxygen atoms in total. The van der Waals surface area contributed by atoms with Crippen LogP contribution in [0.4, 0.5) is 0 Å². The topological polar surface area (TPSA) is 39.1 Å². The van der Waals surface area contributed by atoms with E-state index in [1.54, 1.807) is 0 Å². The number of ether oxygens (including phenoxy) is 1. The van der Waals surface area contributed by atoms with E-state index in [-0.39, 0.29) is 6.10 Å². The van der Waals surface area contributed by atoms with Gasteiger partial charge in [0.25, 0.3) is 0 Å². The highest BCUT2D eigenvalue weighted by Gasteiger charge is 2.27. The molecule has 0 spiro atoms. The molecule has 0 radical (unpaired) electrons. The van der Waals surface area contributed by atoms with Gasteiger partial charge in [-0.25, -0.2) is 4.98 Å². The average molecular weight is 277 g/mol. The van der Waals surface area contributed by atoms with Crippen molar-refractivity contribution in [2.45, 2.75) is 71.1 Å². The Balaban J connectivity index is 1.89. The van der Waals surface area contributed by atoms with Gasteiger partial charge in [0.15, 0.2) is 0 Å². The first kappa shape index (κ1) is 14.1. The number of aromatic nitrogens is 2. The first-order valence-corrected chi connectivity index (χ1v) is 8.20. The maximum absolute atomic E-state index is 5.76. The molecule has 1 aliphatic carbocycles. The Hall–Kier alpha value is -0.870. The van der Waals surface area contributed by atoms with Gasteiger partial charge in [-0.15, -0.1) is 0 Å². The van der Waals surface area contributed by atoms with Gasteiger partial charge in [-0.1, -0.05) is 12.8 Å². The van der Waals surface area contributed by atoms with E-state index in [1.165, 1.54) is 42.9 Å². The van der Waals surface area contributed by atoms with Crippen LogP contribution in [0, 0.1) is 0 Å². The molecule has 1 saturated carbocycles. The van der Waals surface area contributed by atoms with Crippen molar-refractivity contribution >= 4 is 0 Å². The molecule has 1 aromatic heterocycles. The first-order chi connectivity index (χ1) is 9.79. The lowest BCUT2D eigenvalue weighted by atomic mass is 10.1. The summed E-state index contributed by atoms with van der Waals surface area (Å²) in [5, 5.41) is 3.44. The quantitative estimate of drug-likeness (QED) is 0.899. The number of hydrogen-bond donors (Lipinski definition) is 1. The van der Waals surface area contributed by atoms with Crippen molar-refractivity contribution in [2.75, 3.05) is 13.2 Å². The molecule has 1 unspecified atom stereocenters. The number of rotatable bonds is 5. The standard InChI is InChI=1S/C16H27N3O/c1-3-20-12(2)11-19-15-8-9-17-10-14(15)18-16(19)13-6-4-5-7-13/h12-13,17H,3-11H2,1-2H3. The van der Waals surface area contributed by atoms with Crippen LogP contribution in [0.1, 0.15) is 62.7 Å². The highest BCUT2D eigenvalue weighted by atomic mass is 16.5. The molecular weight excluding hydrogens is 250 g/mol. The second-order valence-electron chi connectivity index (χ2n) is 6.15. The van der Waals surface area contributed by atoms with Crippen molar-refractivity contribution in [1.82, 2.24) is 14.9 Å². The minimum atomic E-state index is 0.272. The Bertz CT molecular complexity index is 449. The molecule has 1 atom stereocenters. The van der Waals surface area contributed by atoms with Crippen molar-refractivity contribution in [3.05, 3.63) is 17.2 Å². The van der Waals surface area contributed by atoms with Gasteiger partial charge >= 0.3 is 0 Å². The smallest absolute Gasteiger partial charge is 0.112 e. The Morgan fingerprint density at radius 2 is 2.20 bits per heavy atom. The van der Waals surface area contributed by atoms with E-state index in [0.29, 0.717) is 5.92 Å². The molecular formula is C16H27N3O. The van der Waals surface area contributed by atoms with Gasteiger partial charge < -0.3 is 14.6 Å². The predicted molar refractivity (Wildman–Crippen MR) is 79.9 cm³/mol. The summed E-state index contributed by atoms with van der Waals surface area (Å²) in [6.07, 6.45) is 6.73. The van der Waals surface area contributed by atoms with E-state index >= 15 is 0 Å². The van der Waals surface area contributed by atoms with E-state index in [1.807, 2.05) is 0 Å². The molecule has 3 rings (SSSR count). The largest absolute Gasteiger partial charge is 0.377 e. The van der Waals surface area contributed by atoms with E-state index in [9.17, 15) is 0 Å². The summed E-state index contributed by atoms with van der Waals surface area (Å²) >= 11 is 0. The Morgan fingerprint density at radius 1 is 1.40 bits per heavy atom. The molecule has 0 amide bonds. The predicted octanol–water partition coefficient (Wildman–Crippen LogP) is 2.61. The second kappa shape index (κ2) is 6.27. The average Bonchev–Trinajstić information content (AvgIpc) is 3.07. The number of nitrogens with zero attached hydrogens (tertiary/aromatic N) is 2. The zero-order valence-electron chi connectivity index (χ0n) is 12.8. The molecule has 4 heteroatoms. The summed E-state index contributed by atoms with van der Waals surface area (Å²) in [6.45, 7) is 8.01.